The van der Waals surface area contributed by atoms with Crippen molar-refractivity contribution < 1.29 is 9.13 Å². The van der Waals surface area contributed by atoms with E-state index in [2.05, 4.69) is 22.5 Å². The van der Waals surface area contributed by atoms with E-state index in [1.807, 2.05) is 6.07 Å². The fraction of sp³-hybridized carbons (Fsp3) is 0.600. The van der Waals surface area contributed by atoms with E-state index in [-0.39, 0.29) is 35.2 Å². The Morgan fingerprint density at radius 3 is 2.74 bits per heavy atom. The second-order valence-corrected chi connectivity index (χ2v) is 7.16. The smallest absolute Gasteiger partial charge is 0.191 e. The third-order valence-electron chi connectivity index (χ3n) is 5.85. The number of rotatable bonds is 5. The summed E-state index contributed by atoms with van der Waals surface area (Å²) in [6, 6.07) is 6.82. The number of benzene rings is 1. The zero-order valence-corrected chi connectivity index (χ0v) is 18.3. The molecule has 7 heteroatoms. The minimum absolute atomic E-state index is 0. The molecule has 0 amide bonds. The first-order chi connectivity index (χ1) is 12.6. The number of nitriles is 1. The Bertz CT molecular complexity index is 712. The molecule has 148 valence electrons. The van der Waals surface area contributed by atoms with E-state index < -0.39 is 0 Å². The molecular weight excluding hydrogens is 458 g/mol. The fourth-order valence-corrected chi connectivity index (χ4v) is 4.39. The van der Waals surface area contributed by atoms with Crippen molar-refractivity contribution in [2.45, 2.75) is 57.7 Å². The van der Waals surface area contributed by atoms with E-state index >= 15 is 0 Å². The van der Waals surface area contributed by atoms with E-state index in [1.165, 1.54) is 31.7 Å². The predicted molar refractivity (Wildman–Crippen MR) is 115 cm³/mol. The van der Waals surface area contributed by atoms with Crippen LogP contribution >= 0.6 is 24.0 Å². The molecule has 2 atom stereocenters. The number of ether oxygens (including phenoxy) is 1. The van der Waals surface area contributed by atoms with Crippen molar-refractivity contribution in [2.24, 2.45) is 10.4 Å². The third kappa shape index (κ3) is 4.54. The van der Waals surface area contributed by atoms with E-state index in [0.717, 1.165) is 13.0 Å². The summed E-state index contributed by atoms with van der Waals surface area (Å²) in [7, 11) is 1.73. The van der Waals surface area contributed by atoms with Crippen molar-refractivity contribution in [3.63, 3.8) is 0 Å². The van der Waals surface area contributed by atoms with Gasteiger partial charge in [0.15, 0.2) is 5.96 Å². The maximum Gasteiger partial charge on any atom is 0.191 e. The second kappa shape index (κ2) is 9.69. The normalized spacial score (nSPS) is 23.3. The standard InChI is InChI=1S/C20H27FN4O.HI/c1-3-26-18-11-17(20(18)8-4-5-9-20)25-19(23-2)24-13-15-7-6-14(12-22)10-16(15)21;/h6-7,10,17-18H,3-5,8-9,11,13H2,1-2H3,(H2,23,24,25);1H. The van der Waals surface area contributed by atoms with Crippen LogP contribution in [0.5, 0.6) is 0 Å². The topological polar surface area (TPSA) is 69.4 Å². The molecule has 1 aromatic rings. The lowest BCUT2D eigenvalue weighted by Gasteiger charge is -2.54. The minimum Gasteiger partial charge on any atom is -0.378 e. The number of nitrogens with one attached hydrogen (secondary N) is 2. The van der Waals surface area contributed by atoms with Gasteiger partial charge in [0.05, 0.1) is 17.7 Å². The molecule has 1 aromatic carbocycles. The summed E-state index contributed by atoms with van der Waals surface area (Å²) in [5.74, 6) is 0.305. The largest absolute Gasteiger partial charge is 0.378 e. The van der Waals surface area contributed by atoms with Gasteiger partial charge in [0.1, 0.15) is 5.82 Å². The van der Waals surface area contributed by atoms with Gasteiger partial charge in [-0.05, 0) is 38.3 Å². The predicted octanol–water partition coefficient (Wildman–Crippen LogP) is 3.72. The van der Waals surface area contributed by atoms with Gasteiger partial charge < -0.3 is 15.4 Å². The molecule has 2 unspecified atom stereocenters. The number of aliphatic imine (C=N–C) groups is 1. The van der Waals surface area contributed by atoms with Crippen LogP contribution in [-0.4, -0.2) is 31.8 Å². The highest BCUT2D eigenvalue weighted by atomic mass is 127. The van der Waals surface area contributed by atoms with Crippen LogP contribution < -0.4 is 10.6 Å². The maximum absolute atomic E-state index is 14.0. The summed E-state index contributed by atoms with van der Waals surface area (Å²) < 4.78 is 20.0. The highest BCUT2D eigenvalue weighted by Gasteiger charge is 2.56. The van der Waals surface area contributed by atoms with Crippen LogP contribution in [0.2, 0.25) is 0 Å². The van der Waals surface area contributed by atoms with E-state index in [0.29, 0.717) is 35.8 Å². The van der Waals surface area contributed by atoms with Gasteiger partial charge in [-0.3, -0.25) is 4.99 Å². The molecule has 0 aromatic heterocycles. The first kappa shape index (κ1) is 21.9. The number of guanidine groups is 1. The summed E-state index contributed by atoms with van der Waals surface area (Å²) in [5.41, 5.74) is 1.06. The van der Waals surface area contributed by atoms with Crippen LogP contribution in [0, 0.1) is 22.6 Å². The molecule has 0 heterocycles. The second-order valence-electron chi connectivity index (χ2n) is 7.16. The van der Waals surface area contributed by atoms with Crippen LogP contribution in [0.4, 0.5) is 4.39 Å². The zero-order chi connectivity index (χ0) is 18.6. The Labute approximate surface area is 177 Å². The van der Waals surface area contributed by atoms with Crippen LogP contribution in [0.3, 0.4) is 0 Å². The van der Waals surface area contributed by atoms with Gasteiger partial charge in [0.25, 0.3) is 0 Å². The maximum atomic E-state index is 14.0. The lowest BCUT2D eigenvalue weighted by Crippen LogP contribution is -2.65. The SMILES string of the molecule is CCOC1CC(NC(=NC)NCc2ccc(C#N)cc2F)C12CCCC2.I. The van der Waals surface area contributed by atoms with Crippen molar-refractivity contribution in [2.75, 3.05) is 13.7 Å². The molecule has 1 spiro atoms. The molecule has 0 saturated heterocycles. The van der Waals surface area contributed by atoms with Crippen molar-refractivity contribution in [1.82, 2.24) is 10.6 Å². The highest BCUT2D eigenvalue weighted by molar-refractivity contribution is 14.0. The summed E-state index contributed by atoms with van der Waals surface area (Å²) in [6.45, 7) is 3.13. The third-order valence-corrected chi connectivity index (χ3v) is 5.85. The Morgan fingerprint density at radius 1 is 1.41 bits per heavy atom. The van der Waals surface area contributed by atoms with Crippen LogP contribution in [0.1, 0.15) is 50.2 Å². The average molecular weight is 486 g/mol. The van der Waals surface area contributed by atoms with Crippen molar-refractivity contribution in [3.05, 3.63) is 35.1 Å². The molecule has 27 heavy (non-hydrogen) atoms. The first-order valence-electron chi connectivity index (χ1n) is 9.40. The lowest BCUT2D eigenvalue weighted by atomic mass is 9.60. The molecule has 3 rings (SSSR count). The summed E-state index contributed by atoms with van der Waals surface area (Å²) in [4.78, 5) is 4.29. The molecule has 2 saturated carbocycles. The van der Waals surface area contributed by atoms with Gasteiger partial charge in [0, 0.05) is 37.2 Å². The molecule has 2 fully saturated rings. The lowest BCUT2D eigenvalue weighted by molar-refractivity contribution is -0.125. The van der Waals surface area contributed by atoms with Crippen molar-refractivity contribution >= 4 is 29.9 Å². The average Bonchev–Trinajstić information content (AvgIpc) is 3.17. The van der Waals surface area contributed by atoms with Crippen LogP contribution in [0.15, 0.2) is 23.2 Å². The Morgan fingerprint density at radius 2 is 2.15 bits per heavy atom. The number of nitrogens with zero attached hydrogens (tertiary/aromatic N) is 2. The molecule has 0 aliphatic heterocycles. The van der Waals surface area contributed by atoms with Gasteiger partial charge in [0.2, 0.25) is 0 Å². The molecule has 2 N–H and O–H groups in total. The van der Waals surface area contributed by atoms with Gasteiger partial charge in [-0.15, -0.1) is 24.0 Å². The van der Waals surface area contributed by atoms with Crippen LogP contribution in [0.25, 0.3) is 0 Å². The quantitative estimate of drug-likeness (QED) is 0.378. The van der Waals surface area contributed by atoms with Gasteiger partial charge in [-0.25, -0.2) is 4.39 Å². The first-order valence-corrected chi connectivity index (χ1v) is 9.40. The summed E-state index contributed by atoms with van der Waals surface area (Å²) in [6.07, 6.45) is 6.21. The van der Waals surface area contributed by atoms with Crippen LogP contribution in [-0.2, 0) is 11.3 Å². The molecular formula is C20H28FIN4O. The van der Waals surface area contributed by atoms with E-state index in [1.54, 1.807) is 19.2 Å². The summed E-state index contributed by atoms with van der Waals surface area (Å²) >= 11 is 0. The fourth-order valence-electron chi connectivity index (χ4n) is 4.39. The van der Waals surface area contributed by atoms with Crippen molar-refractivity contribution in [1.29, 1.82) is 5.26 Å². The Hall–Kier alpha value is -1.40. The zero-order valence-electron chi connectivity index (χ0n) is 15.9. The molecule has 2 aliphatic rings. The number of hydrogen-bond acceptors (Lipinski definition) is 3. The van der Waals surface area contributed by atoms with Gasteiger partial charge in [-0.1, -0.05) is 18.9 Å². The van der Waals surface area contributed by atoms with E-state index in [9.17, 15) is 4.39 Å². The molecule has 2 aliphatic carbocycles. The van der Waals surface area contributed by atoms with Gasteiger partial charge >= 0.3 is 0 Å². The Kier molecular flexibility index (Phi) is 7.86. The van der Waals surface area contributed by atoms with Gasteiger partial charge in [-0.2, -0.15) is 5.26 Å². The molecule has 0 radical (unpaired) electrons. The Balaban J connectivity index is 0.00000261. The summed E-state index contributed by atoms with van der Waals surface area (Å²) in [5, 5.41) is 15.5. The number of hydrogen-bond donors (Lipinski definition) is 2. The van der Waals surface area contributed by atoms with E-state index in [4.69, 9.17) is 10.00 Å². The highest BCUT2D eigenvalue weighted by Crippen LogP contribution is 2.54. The molecule has 5 nitrogen and oxygen atoms in total. The molecule has 0 bridgehead atoms. The number of halogens is 2. The monoisotopic (exact) mass is 486 g/mol. The minimum atomic E-state index is -0.376. The van der Waals surface area contributed by atoms with Crippen molar-refractivity contribution in [3.8, 4) is 6.07 Å².